The lowest BCUT2D eigenvalue weighted by atomic mass is 10.1. The number of fused-ring (bicyclic) bond motifs is 1. The highest BCUT2D eigenvalue weighted by Gasteiger charge is 2.14. The lowest BCUT2D eigenvalue weighted by Gasteiger charge is -2.09. The Balaban J connectivity index is 1.82. The van der Waals surface area contributed by atoms with Crippen LogP contribution in [0.25, 0.3) is 10.8 Å². The minimum absolute atomic E-state index is 0.310. The topological polar surface area (TPSA) is 114 Å². The van der Waals surface area contributed by atoms with Gasteiger partial charge in [-0.05, 0) is 35.0 Å². The number of nitrogens with one attached hydrogen (secondary N) is 1. The maximum absolute atomic E-state index is 12.4. The number of amides is 1. The van der Waals surface area contributed by atoms with E-state index in [2.05, 4.69) is 10.5 Å². The Morgan fingerprint density at radius 3 is 2.56 bits per heavy atom. The van der Waals surface area contributed by atoms with Gasteiger partial charge in [-0.1, -0.05) is 24.3 Å². The van der Waals surface area contributed by atoms with Crippen molar-refractivity contribution in [2.45, 2.75) is 0 Å². The molecule has 0 heterocycles. The van der Waals surface area contributed by atoms with Crippen molar-refractivity contribution in [2.75, 3.05) is 7.11 Å². The summed E-state index contributed by atoms with van der Waals surface area (Å²) >= 11 is 0. The van der Waals surface area contributed by atoms with E-state index in [1.165, 1.54) is 25.5 Å². The van der Waals surface area contributed by atoms with Crippen molar-refractivity contribution in [3.8, 4) is 11.5 Å². The van der Waals surface area contributed by atoms with Crippen molar-refractivity contribution in [3.63, 3.8) is 0 Å². The zero-order chi connectivity index (χ0) is 19.4. The summed E-state index contributed by atoms with van der Waals surface area (Å²) in [5.74, 6) is -0.522. The first kappa shape index (κ1) is 17.9. The lowest BCUT2D eigenvalue weighted by molar-refractivity contribution is -0.385. The SMILES string of the molecule is COc1cc2ccccc2cc1C(=O)N/N=C/c1ccc(O)c([N+](=O)[O-])c1. The molecule has 0 bridgehead atoms. The molecule has 1 amide bonds. The minimum atomic E-state index is -0.703. The highest BCUT2D eigenvalue weighted by atomic mass is 16.6. The quantitative estimate of drug-likeness (QED) is 0.409. The molecule has 0 spiro atoms. The van der Waals surface area contributed by atoms with Crippen molar-refractivity contribution in [3.05, 3.63) is 75.8 Å². The number of nitrogens with zero attached hydrogens (tertiary/aromatic N) is 2. The number of ether oxygens (including phenoxy) is 1. The van der Waals surface area contributed by atoms with Crippen molar-refractivity contribution < 1.29 is 19.6 Å². The predicted molar refractivity (Wildman–Crippen MR) is 100 cm³/mol. The van der Waals surface area contributed by atoms with Crippen molar-refractivity contribution in [1.82, 2.24) is 5.43 Å². The Kier molecular flexibility index (Phi) is 4.98. The monoisotopic (exact) mass is 365 g/mol. The van der Waals surface area contributed by atoms with Gasteiger partial charge in [0.25, 0.3) is 5.91 Å². The molecular weight excluding hydrogens is 350 g/mol. The number of rotatable bonds is 5. The second-order valence-corrected chi connectivity index (χ2v) is 5.60. The van der Waals surface area contributed by atoms with Gasteiger partial charge in [-0.15, -0.1) is 0 Å². The smallest absolute Gasteiger partial charge is 0.311 e. The fourth-order valence-corrected chi connectivity index (χ4v) is 2.56. The third kappa shape index (κ3) is 3.84. The number of phenols is 1. The van der Waals surface area contributed by atoms with Gasteiger partial charge in [0.05, 0.1) is 23.8 Å². The summed E-state index contributed by atoms with van der Waals surface area (Å²) in [7, 11) is 1.47. The van der Waals surface area contributed by atoms with Gasteiger partial charge in [-0.3, -0.25) is 14.9 Å². The average molecular weight is 365 g/mol. The first-order valence-electron chi connectivity index (χ1n) is 7.87. The van der Waals surface area contributed by atoms with E-state index in [0.29, 0.717) is 16.9 Å². The zero-order valence-corrected chi connectivity index (χ0v) is 14.2. The van der Waals surface area contributed by atoms with Crippen LogP contribution in [0.1, 0.15) is 15.9 Å². The molecule has 3 aromatic rings. The van der Waals surface area contributed by atoms with E-state index in [-0.39, 0.29) is 0 Å². The van der Waals surface area contributed by atoms with Crippen LogP contribution in [0.4, 0.5) is 5.69 Å². The number of nitro groups is 1. The minimum Gasteiger partial charge on any atom is -0.502 e. The Hall–Kier alpha value is -3.94. The van der Waals surface area contributed by atoms with Crippen LogP contribution in [0.3, 0.4) is 0 Å². The van der Waals surface area contributed by atoms with E-state index in [9.17, 15) is 20.0 Å². The third-order valence-corrected chi connectivity index (χ3v) is 3.89. The highest BCUT2D eigenvalue weighted by Crippen LogP contribution is 2.26. The maximum atomic E-state index is 12.4. The van der Waals surface area contributed by atoms with E-state index in [1.807, 2.05) is 24.3 Å². The van der Waals surface area contributed by atoms with Gasteiger partial charge in [0.15, 0.2) is 5.75 Å². The van der Waals surface area contributed by atoms with Gasteiger partial charge in [0, 0.05) is 11.6 Å². The summed E-state index contributed by atoms with van der Waals surface area (Å²) in [4.78, 5) is 22.6. The van der Waals surface area contributed by atoms with Gasteiger partial charge in [0.2, 0.25) is 0 Å². The molecule has 8 nitrogen and oxygen atoms in total. The Morgan fingerprint density at radius 2 is 1.89 bits per heavy atom. The molecule has 0 aromatic heterocycles. The van der Waals surface area contributed by atoms with Crippen LogP contribution < -0.4 is 10.2 Å². The van der Waals surface area contributed by atoms with Crippen LogP contribution in [0.5, 0.6) is 11.5 Å². The van der Waals surface area contributed by atoms with Crippen LogP contribution in [-0.4, -0.2) is 29.3 Å². The summed E-state index contributed by atoms with van der Waals surface area (Å²) < 4.78 is 5.28. The second kappa shape index (κ2) is 7.52. The molecule has 8 heteroatoms. The number of carbonyl (C=O) groups is 1. The van der Waals surface area contributed by atoms with Crippen LogP contribution in [0.2, 0.25) is 0 Å². The van der Waals surface area contributed by atoms with Crippen LogP contribution in [0.15, 0.2) is 59.7 Å². The summed E-state index contributed by atoms with van der Waals surface area (Å²) in [6.07, 6.45) is 1.25. The molecule has 2 N–H and O–H groups in total. The standard InChI is InChI=1S/C19H15N3O5/c1-27-18-10-14-5-3-2-4-13(14)9-15(18)19(24)21-20-11-12-6-7-17(23)16(8-12)22(25)26/h2-11,23H,1H3,(H,21,24)/b20-11+. The summed E-state index contributed by atoms with van der Waals surface area (Å²) in [6, 6.07) is 14.8. The van der Waals surface area contributed by atoms with E-state index < -0.39 is 22.3 Å². The molecule has 0 fully saturated rings. The number of hydrogen-bond donors (Lipinski definition) is 2. The van der Waals surface area contributed by atoms with Gasteiger partial charge >= 0.3 is 5.69 Å². The molecule has 0 aliphatic carbocycles. The molecular formula is C19H15N3O5. The maximum Gasteiger partial charge on any atom is 0.311 e. The molecule has 27 heavy (non-hydrogen) atoms. The molecule has 0 radical (unpaired) electrons. The molecule has 0 saturated heterocycles. The van der Waals surface area contributed by atoms with E-state index in [0.717, 1.165) is 16.8 Å². The first-order chi connectivity index (χ1) is 13.0. The fraction of sp³-hybridized carbons (Fsp3) is 0.0526. The third-order valence-electron chi connectivity index (χ3n) is 3.89. The van der Waals surface area contributed by atoms with Crippen molar-refractivity contribution >= 4 is 28.6 Å². The number of methoxy groups -OCH3 is 1. The highest BCUT2D eigenvalue weighted by molar-refractivity contribution is 6.02. The largest absolute Gasteiger partial charge is 0.502 e. The Morgan fingerprint density at radius 1 is 1.19 bits per heavy atom. The van der Waals surface area contributed by atoms with Gasteiger partial charge in [-0.25, -0.2) is 5.43 Å². The van der Waals surface area contributed by atoms with Crippen LogP contribution in [-0.2, 0) is 0 Å². The van der Waals surface area contributed by atoms with Gasteiger partial charge < -0.3 is 9.84 Å². The molecule has 3 rings (SSSR count). The zero-order valence-electron chi connectivity index (χ0n) is 14.2. The van der Waals surface area contributed by atoms with E-state index in [4.69, 9.17) is 4.74 Å². The number of phenolic OH excluding ortho intramolecular Hbond substituents is 1. The van der Waals surface area contributed by atoms with Gasteiger partial charge in [-0.2, -0.15) is 5.10 Å². The normalized spacial score (nSPS) is 10.9. The summed E-state index contributed by atoms with van der Waals surface area (Å²) in [5, 5.41) is 25.9. The van der Waals surface area contributed by atoms with E-state index in [1.54, 1.807) is 12.1 Å². The predicted octanol–water partition coefficient (Wildman–Crippen LogP) is 3.23. The summed E-state index contributed by atoms with van der Waals surface area (Å²) in [5.41, 5.74) is 2.59. The Bertz CT molecular complexity index is 1060. The lowest BCUT2D eigenvalue weighted by Crippen LogP contribution is -2.18. The number of hydrogen-bond acceptors (Lipinski definition) is 6. The number of hydrazone groups is 1. The van der Waals surface area contributed by atoms with Crippen LogP contribution in [0, 0.1) is 10.1 Å². The fourth-order valence-electron chi connectivity index (χ4n) is 2.56. The molecule has 0 unspecified atom stereocenters. The first-order valence-corrected chi connectivity index (χ1v) is 7.87. The van der Waals surface area contributed by atoms with Crippen LogP contribution >= 0.6 is 0 Å². The molecule has 0 atom stereocenters. The molecule has 136 valence electrons. The van der Waals surface area contributed by atoms with Gasteiger partial charge in [0.1, 0.15) is 5.75 Å². The number of benzene rings is 3. The molecule has 0 aliphatic heterocycles. The number of nitro benzene ring substituents is 1. The Labute approximate surface area is 153 Å². The molecule has 3 aromatic carbocycles. The molecule has 0 saturated carbocycles. The summed E-state index contributed by atoms with van der Waals surface area (Å²) in [6.45, 7) is 0. The van der Waals surface area contributed by atoms with Crippen molar-refractivity contribution in [2.24, 2.45) is 5.10 Å². The number of aromatic hydroxyl groups is 1. The number of carbonyl (C=O) groups excluding carboxylic acids is 1. The molecule has 0 aliphatic rings. The average Bonchev–Trinajstić information content (AvgIpc) is 2.67. The second-order valence-electron chi connectivity index (χ2n) is 5.60. The van der Waals surface area contributed by atoms with Crippen molar-refractivity contribution in [1.29, 1.82) is 0 Å². The van der Waals surface area contributed by atoms with E-state index >= 15 is 0 Å².